The molecular weight excluding hydrogens is 262 g/mol. The molecule has 0 aromatic carbocycles. The standard InChI is InChI=1S/C11H14ClNOS2/c12-9-6-13-2-1-8(9)5-10(14)11-7-15-3-4-16-11/h1-2,6,10-11,14H,3-5,7H2. The fourth-order valence-corrected chi connectivity index (χ4v) is 4.62. The van der Waals surface area contributed by atoms with Crippen LogP contribution in [0, 0.1) is 0 Å². The zero-order valence-electron chi connectivity index (χ0n) is 8.80. The third kappa shape index (κ3) is 3.29. The van der Waals surface area contributed by atoms with Gasteiger partial charge >= 0.3 is 0 Å². The van der Waals surface area contributed by atoms with Crippen LogP contribution in [0.4, 0.5) is 0 Å². The van der Waals surface area contributed by atoms with Gasteiger partial charge in [0.25, 0.3) is 0 Å². The molecule has 1 aromatic heterocycles. The minimum absolute atomic E-state index is 0.308. The van der Waals surface area contributed by atoms with Gasteiger partial charge in [0, 0.05) is 41.3 Å². The maximum atomic E-state index is 10.1. The summed E-state index contributed by atoms with van der Waals surface area (Å²) in [7, 11) is 0. The smallest absolute Gasteiger partial charge is 0.0707 e. The quantitative estimate of drug-likeness (QED) is 0.919. The average Bonchev–Trinajstić information content (AvgIpc) is 2.33. The summed E-state index contributed by atoms with van der Waals surface area (Å²) in [6.07, 6.45) is 3.67. The van der Waals surface area contributed by atoms with Crippen LogP contribution in [0.5, 0.6) is 0 Å². The number of thioether (sulfide) groups is 2. The number of nitrogens with zero attached hydrogens (tertiary/aromatic N) is 1. The van der Waals surface area contributed by atoms with E-state index in [1.165, 1.54) is 5.75 Å². The van der Waals surface area contributed by atoms with Gasteiger partial charge in [0.2, 0.25) is 0 Å². The number of rotatable bonds is 3. The number of hydrogen-bond acceptors (Lipinski definition) is 4. The van der Waals surface area contributed by atoms with Crippen LogP contribution in [-0.2, 0) is 6.42 Å². The molecule has 2 nitrogen and oxygen atoms in total. The highest BCUT2D eigenvalue weighted by molar-refractivity contribution is 8.06. The second kappa shape index (κ2) is 6.15. The van der Waals surface area contributed by atoms with Crippen LogP contribution in [0.1, 0.15) is 5.56 Å². The molecule has 2 heterocycles. The zero-order valence-corrected chi connectivity index (χ0v) is 11.2. The molecule has 5 heteroatoms. The molecule has 0 spiro atoms. The van der Waals surface area contributed by atoms with Gasteiger partial charge in [0.1, 0.15) is 0 Å². The van der Waals surface area contributed by atoms with Gasteiger partial charge in [-0.1, -0.05) is 11.6 Å². The first kappa shape index (κ1) is 12.6. The van der Waals surface area contributed by atoms with Gasteiger partial charge in [-0.3, -0.25) is 4.98 Å². The summed E-state index contributed by atoms with van der Waals surface area (Å²) in [6, 6.07) is 1.88. The van der Waals surface area contributed by atoms with Crippen LogP contribution in [0.15, 0.2) is 18.5 Å². The molecule has 1 aliphatic rings. The minimum Gasteiger partial charge on any atom is -0.392 e. The molecule has 1 aromatic rings. The Hall–Kier alpha value is 0.1000. The Balaban J connectivity index is 1.96. The summed E-state index contributed by atoms with van der Waals surface area (Å²) in [5, 5.41) is 11.1. The predicted molar refractivity (Wildman–Crippen MR) is 72.5 cm³/mol. The van der Waals surface area contributed by atoms with Gasteiger partial charge in [0.05, 0.1) is 11.1 Å². The third-order valence-electron chi connectivity index (χ3n) is 2.56. The summed E-state index contributed by atoms with van der Waals surface area (Å²) in [5.41, 5.74) is 0.986. The van der Waals surface area contributed by atoms with E-state index >= 15 is 0 Å². The Morgan fingerprint density at radius 2 is 2.44 bits per heavy atom. The van der Waals surface area contributed by atoms with E-state index in [0.717, 1.165) is 17.1 Å². The predicted octanol–water partition coefficient (Wildman–Crippen LogP) is 2.49. The van der Waals surface area contributed by atoms with Crippen molar-refractivity contribution in [2.75, 3.05) is 17.3 Å². The molecule has 0 amide bonds. The van der Waals surface area contributed by atoms with E-state index in [0.29, 0.717) is 16.7 Å². The zero-order chi connectivity index (χ0) is 11.4. The lowest BCUT2D eigenvalue weighted by Crippen LogP contribution is -2.30. The fraction of sp³-hybridized carbons (Fsp3) is 0.545. The Labute approximate surface area is 109 Å². The van der Waals surface area contributed by atoms with Crippen LogP contribution < -0.4 is 0 Å². The van der Waals surface area contributed by atoms with Crippen molar-refractivity contribution in [3.63, 3.8) is 0 Å². The van der Waals surface area contributed by atoms with Crippen molar-refractivity contribution in [1.82, 2.24) is 4.98 Å². The van der Waals surface area contributed by atoms with Gasteiger partial charge in [-0.05, 0) is 11.6 Å². The molecule has 1 N–H and O–H groups in total. The van der Waals surface area contributed by atoms with Crippen LogP contribution in [-0.4, -0.2) is 38.7 Å². The monoisotopic (exact) mass is 275 g/mol. The van der Waals surface area contributed by atoms with Gasteiger partial charge in [-0.15, -0.1) is 0 Å². The van der Waals surface area contributed by atoms with Gasteiger partial charge < -0.3 is 5.11 Å². The Bertz CT molecular complexity index is 345. The summed E-state index contributed by atoms with van der Waals surface area (Å²) in [6.45, 7) is 0. The maximum absolute atomic E-state index is 10.1. The first-order valence-electron chi connectivity index (χ1n) is 5.23. The summed E-state index contributed by atoms with van der Waals surface area (Å²) < 4.78 is 0. The van der Waals surface area contributed by atoms with E-state index in [1.54, 1.807) is 12.4 Å². The Morgan fingerprint density at radius 3 is 3.12 bits per heavy atom. The van der Waals surface area contributed by atoms with E-state index in [-0.39, 0.29) is 6.10 Å². The Morgan fingerprint density at radius 1 is 1.56 bits per heavy atom. The molecule has 1 saturated heterocycles. The molecule has 2 rings (SSSR count). The highest BCUT2D eigenvalue weighted by Crippen LogP contribution is 2.28. The number of halogens is 1. The lowest BCUT2D eigenvalue weighted by atomic mass is 10.1. The molecule has 2 unspecified atom stereocenters. The van der Waals surface area contributed by atoms with Crippen molar-refractivity contribution >= 4 is 35.1 Å². The van der Waals surface area contributed by atoms with E-state index in [4.69, 9.17) is 11.6 Å². The number of hydrogen-bond donors (Lipinski definition) is 1. The molecule has 1 fully saturated rings. The minimum atomic E-state index is -0.308. The second-order valence-corrected chi connectivity index (χ2v) is 6.63. The van der Waals surface area contributed by atoms with E-state index < -0.39 is 0 Å². The van der Waals surface area contributed by atoms with Gasteiger partial charge in [0.15, 0.2) is 0 Å². The highest BCUT2D eigenvalue weighted by Gasteiger charge is 2.23. The van der Waals surface area contributed by atoms with Crippen LogP contribution in [0.25, 0.3) is 0 Å². The van der Waals surface area contributed by atoms with Crippen LogP contribution >= 0.6 is 35.1 Å². The van der Waals surface area contributed by atoms with E-state index in [1.807, 2.05) is 29.6 Å². The summed E-state index contributed by atoms with van der Waals surface area (Å²) in [5.74, 6) is 3.37. The first-order valence-corrected chi connectivity index (χ1v) is 7.81. The highest BCUT2D eigenvalue weighted by atomic mass is 35.5. The second-order valence-electron chi connectivity index (χ2n) is 3.72. The molecular formula is C11H14ClNOS2. The number of pyridine rings is 1. The Kier molecular flexibility index (Phi) is 4.82. The lowest BCUT2D eigenvalue weighted by molar-refractivity contribution is 0.177. The molecule has 88 valence electrons. The number of aliphatic hydroxyl groups excluding tert-OH is 1. The average molecular weight is 276 g/mol. The third-order valence-corrected chi connectivity index (χ3v) is 5.80. The normalized spacial score (nSPS) is 23.0. The molecule has 16 heavy (non-hydrogen) atoms. The van der Waals surface area contributed by atoms with E-state index in [9.17, 15) is 5.11 Å². The lowest BCUT2D eigenvalue weighted by Gasteiger charge is -2.26. The fourth-order valence-electron chi connectivity index (χ4n) is 1.65. The van der Waals surface area contributed by atoms with Crippen molar-refractivity contribution < 1.29 is 5.11 Å². The first-order chi connectivity index (χ1) is 7.77. The van der Waals surface area contributed by atoms with Crippen LogP contribution in [0.2, 0.25) is 5.02 Å². The van der Waals surface area contributed by atoms with Crippen LogP contribution in [0.3, 0.4) is 0 Å². The van der Waals surface area contributed by atoms with Gasteiger partial charge in [-0.25, -0.2) is 0 Å². The van der Waals surface area contributed by atoms with Gasteiger partial charge in [-0.2, -0.15) is 23.5 Å². The summed E-state index contributed by atoms with van der Waals surface area (Å²) >= 11 is 9.81. The summed E-state index contributed by atoms with van der Waals surface area (Å²) in [4.78, 5) is 3.94. The SMILES string of the molecule is OC(Cc1ccncc1Cl)C1CSCCS1. The van der Waals surface area contributed by atoms with Crippen molar-refractivity contribution in [2.24, 2.45) is 0 Å². The topological polar surface area (TPSA) is 33.1 Å². The maximum Gasteiger partial charge on any atom is 0.0707 e. The van der Waals surface area contributed by atoms with Crippen molar-refractivity contribution in [3.8, 4) is 0 Å². The molecule has 0 aliphatic carbocycles. The van der Waals surface area contributed by atoms with Crippen molar-refractivity contribution in [3.05, 3.63) is 29.0 Å². The number of aliphatic hydroxyl groups is 1. The molecule has 2 atom stereocenters. The molecule has 0 bridgehead atoms. The molecule has 0 saturated carbocycles. The van der Waals surface area contributed by atoms with Crippen molar-refractivity contribution in [2.45, 2.75) is 17.8 Å². The molecule has 0 radical (unpaired) electrons. The van der Waals surface area contributed by atoms with E-state index in [2.05, 4.69) is 4.98 Å². The molecule has 1 aliphatic heterocycles. The number of aromatic nitrogens is 1. The largest absolute Gasteiger partial charge is 0.392 e. The van der Waals surface area contributed by atoms with Crippen molar-refractivity contribution in [1.29, 1.82) is 0 Å².